The fourth-order valence-electron chi connectivity index (χ4n) is 5.91. The summed E-state index contributed by atoms with van der Waals surface area (Å²) in [4.78, 5) is 23.8. The van der Waals surface area contributed by atoms with Crippen molar-refractivity contribution in [2.45, 2.75) is 64.2 Å². The molecule has 0 aromatic heterocycles. The number of aryl methyl sites for hydroxylation is 2. The molecule has 2 fully saturated rings. The highest BCUT2D eigenvalue weighted by Crippen LogP contribution is 2.59. The zero-order valence-electron chi connectivity index (χ0n) is 15.3. The molecule has 0 bridgehead atoms. The maximum Gasteiger partial charge on any atom is 0.305 e. The molecular weight excluding hydrogens is 312 g/mol. The molecular formula is C22H28O3. The Morgan fingerprint density at radius 1 is 1.24 bits per heavy atom. The van der Waals surface area contributed by atoms with E-state index in [9.17, 15) is 9.59 Å². The second-order valence-corrected chi connectivity index (χ2v) is 8.44. The summed E-state index contributed by atoms with van der Waals surface area (Å²) >= 11 is 0. The van der Waals surface area contributed by atoms with E-state index in [0.29, 0.717) is 30.0 Å². The summed E-state index contributed by atoms with van der Waals surface area (Å²) in [6, 6.07) is 6.80. The molecule has 1 aromatic rings. The van der Waals surface area contributed by atoms with Crippen LogP contribution in [0.15, 0.2) is 18.2 Å². The molecule has 2 saturated carbocycles. The number of hydrogen-bond acceptors (Lipinski definition) is 3. The highest BCUT2D eigenvalue weighted by Gasteiger charge is 2.54. The van der Waals surface area contributed by atoms with Crippen molar-refractivity contribution < 1.29 is 14.3 Å². The van der Waals surface area contributed by atoms with Crippen LogP contribution in [0.1, 0.15) is 68.1 Å². The van der Waals surface area contributed by atoms with Gasteiger partial charge in [0.2, 0.25) is 0 Å². The van der Waals surface area contributed by atoms with Crippen LogP contribution >= 0.6 is 0 Å². The highest BCUT2D eigenvalue weighted by molar-refractivity contribution is 5.87. The van der Waals surface area contributed by atoms with Crippen LogP contribution in [-0.2, 0) is 27.2 Å². The van der Waals surface area contributed by atoms with Gasteiger partial charge in [-0.25, -0.2) is 0 Å². The first-order valence-electron chi connectivity index (χ1n) is 9.75. The molecule has 0 saturated heterocycles. The maximum atomic E-state index is 12.4. The molecule has 0 amide bonds. The van der Waals surface area contributed by atoms with E-state index in [1.165, 1.54) is 30.2 Å². The van der Waals surface area contributed by atoms with Gasteiger partial charge in [-0.3, -0.25) is 9.59 Å². The van der Waals surface area contributed by atoms with E-state index in [0.717, 1.165) is 38.5 Å². The van der Waals surface area contributed by atoms with Crippen LogP contribution in [0, 0.1) is 17.3 Å². The number of carbonyl (C=O) groups is 2. The van der Waals surface area contributed by atoms with Crippen LogP contribution < -0.4 is 0 Å². The smallest absolute Gasteiger partial charge is 0.305 e. The summed E-state index contributed by atoms with van der Waals surface area (Å²) in [5, 5.41) is 0. The van der Waals surface area contributed by atoms with Gasteiger partial charge in [-0.15, -0.1) is 0 Å². The zero-order chi connectivity index (χ0) is 17.6. The van der Waals surface area contributed by atoms with E-state index in [-0.39, 0.29) is 11.4 Å². The number of benzene rings is 1. The van der Waals surface area contributed by atoms with Crippen LogP contribution in [0.5, 0.6) is 0 Å². The van der Waals surface area contributed by atoms with Crippen molar-refractivity contribution in [1.29, 1.82) is 0 Å². The molecule has 0 spiro atoms. The van der Waals surface area contributed by atoms with Crippen LogP contribution in [0.2, 0.25) is 0 Å². The number of fused-ring (bicyclic) bond motifs is 5. The quantitative estimate of drug-likeness (QED) is 0.774. The van der Waals surface area contributed by atoms with E-state index in [1.54, 1.807) is 0 Å². The van der Waals surface area contributed by atoms with Crippen molar-refractivity contribution in [3.8, 4) is 0 Å². The Morgan fingerprint density at radius 3 is 2.88 bits per heavy atom. The van der Waals surface area contributed by atoms with Crippen LogP contribution in [0.25, 0.3) is 0 Å². The van der Waals surface area contributed by atoms with Gasteiger partial charge in [0.1, 0.15) is 5.78 Å². The van der Waals surface area contributed by atoms with Crippen molar-refractivity contribution in [3.63, 3.8) is 0 Å². The molecule has 0 heterocycles. The number of ketones is 1. The van der Waals surface area contributed by atoms with Gasteiger partial charge >= 0.3 is 5.97 Å². The van der Waals surface area contributed by atoms with Gasteiger partial charge in [0, 0.05) is 18.3 Å². The fourth-order valence-corrected chi connectivity index (χ4v) is 5.91. The van der Waals surface area contributed by atoms with E-state index >= 15 is 0 Å². The summed E-state index contributed by atoms with van der Waals surface area (Å²) < 4.78 is 4.75. The second-order valence-electron chi connectivity index (χ2n) is 8.44. The lowest BCUT2D eigenvalue weighted by Gasteiger charge is -2.48. The molecule has 3 heteroatoms. The molecule has 134 valence electrons. The molecule has 0 radical (unpaired) electrons. The zero-order valence-corrected chi connectivity index (χ0v) is 15.3. The van der Waals surface area contributed by atoms with Gasteiger partial charge in [-0.1, -0.05) is 25.1 Å². The Kier molecular flexibility index (Phi) is 4.21. The topological polar surface area (TPSA) is 43.4 Å². The number of Topliss-reactive ketones (excluding diaryl/α,β-unsaturated/α-hetero) is 1. The predicted molar refractivity (Wildman–Crippen MR) is 96.4 cm³/mol. The standard InChI is InChI=1S/C22H28O3/c1-22-12-11-17-16-6-3-14(4-10-21(24)25-2)13-15(16)5-7-18(17)19(22)8-9-20(22)23/h3,6,13,17-19H,4-5,7-12H2,1-2H3/t17?,18?,19?,22-/m0/s1. The lowest BCUT2D eigenvalue weighted by Crippen LogP contribution is -2.42. The van der Waals surface area contributed by atoms with Crippen molar-refractivity contribution in [2.24, 2.45) is 17.3 Å². The SMILES string of the molecule is COC(=O)CCc1ccc2c(c1)CCC1C2CC[C@]2(C)C(=O)CCC12. The van der Waals surface area contributed by atoms with E-state index < -0.39 is 0 Å². The summed E-state index contributed by atoms with van der Waals surface area (Å²) in [5.74, 6) is 2.27. The number of methoxy groups -OCH3 is 1. The molecule has 4 atom stereocenters. The van der Waals surface area contributed by atoms with E-state index in [1.807, 2.05) is 0 Å². The average molecular weight is 340 g/mol. The normalized spacial score (nSPS) is 33.4. The third-order valence-electron chi connectivity index (χ3n) is 7.35. The summed E-state index contributed by atoms with van der Waals surface area (Å²) in [5.41, 5.74) is 4.18. The van der Waals surface area contributed by atoms with Gasteiger partial charge in [0.15, 0.2) is 0 Å². The second kappa shape index (κ2) is 6.26. The third kappa shape index (κ3) is 2.72. The van der Waals surface area contributed by atoms with Crippen LogP contribution in [0.3, 0.4) is 0 Å². The van der Waals surface area contributed by atoms with Crippen molar-refractivity contribution in [2.75, 3.05) is 7.11 Å². The molecule has 3 nitrogen and oxygen atoms in total. The number of hydrogen-bond donors (Lipinski definition) is 0. The fraction of sp³-hybridized carbons (Fsp3) is 0.636. The first-order chi connectivity index (χ1) is 12.0. The molecule has 25 heavy (non-hydrogen) atoms. The largest absolute Gasteiger partial charge is 0.469 e. The molecule has 1 aromatic carbocycles. The summed E-state index contributed by atoms with van der Waals surface area (Å²) in [6.07, 6.45) is 7.63. The Morgan fingerprint density at radius 2 is 2.08 bits per heavy atom. The minimum Gasteiger partial charge on any atom is -0.469 e. The van der Waals surface area contributed by atoms with Crippen molar-refractivity contribution in [3.05, 3.63) is 34.9 Å². The number of carbonyl (C=O) groups excluding carboxylic acids is 2. The van der Waals surface area contributed by atoms with E-state index in [4.69, 9.17) is 4.74 Å². The summed E-state index contributed by atoms with van der Waals surface area (Å²) in [7, 11) is 1.44. The van der Waals surface area contributed by atoms with Crippen LogP contribution in [0.4, 0.5) is 0 Å². The van der Waals surface area contributed by atoms with Gasteiger partial charge in [0.25, 0.3) is 0 Å². The highest BCUT2D eigenvalue weighted by atomic mass is 16.5. The minimum absolute atomic E-state index is 0.0425. The summed E-state index contributed by atoms with van der Waals surface area (Å²) in [6.45, 7) is 2.23. The third-order valence-corrected chi connectivity index (χ3v) is 7.35. The van der Waals surface area contributed by atoms with Gasteiger partial charge in [-0.05, 0) is 73.0 Å². The Bertz CT molecular complexity index is 707. The Labute approximate surface area is 150 Å². The molecule has 0 N–H and O–H groups in total. The number of rotatable bonds is 3. The average Bonchev–Trinajstić information content (AvgIpc) is 2.94. The monoisotopic (exact) mass is 340 g/mol. The van der Waals surface area contributed by atoms with Gasteiger partial charge in [-0.2, -0.15) is 0 Å². The van der Waals surface area contributed by atoms with Crippen molar-refractivity contribution >= 4 is 11.8 Å². The first-order valence-corrected chi connectivity index (χ1v) is 9.75. The predicted octanol–water partition coefficient (Wildman–Crippen LogP) is 4.22. The Balaban J connectivity index is 1.55. The van der Waals surface area contributed by atoms with Gasteiger partial charge in [0.05, 0.1) is 7.11 Å². The Hall–Kier alpha value is -1.64. The van der Waals surface area contributed by atoms with Crippen molar-refractivity contribution in [1.82, 2.24) is 0 Å². The first kappa shape index (κ1) is 16.8. The minimum atomic E-state index is -0.143. The lowest BCUT2D eigenvalue weighted by molar-refractivity contribution is -0.140. The molecule has 3 aliphatic rings. The molecule has 3 aliphatic carbocycles. The molecule has 4 rings (SSSR count). The number of ether oxygens (including phenoxy) is 1. The molecule has 0 aliphatic heterocycles. The number of esters is 1. The van der Waals surface area contributed by atoms with E-state index in [2.05, 4.69) is 25.1 Å². The van der Waals surface area contributed by atoms with Crippen LogP contribution in [-0.4, -0.2) is 18.9 Å². The maximum absolute atomic E-state index is 12.4. The van der Waals surface area contributed by atoms with Gasteiger partial charge < -0.3 is 4.74 Å². The molecule has 3 unspecified atom stereocenters. The lowest BCUT2D eigenvalue weighted by atomic mass is 9.55.